The number of nitrogens with one attached hydrogen (secondary N) is 1. The Morgan fingerprint density at radius 2 is 1.63 bits per heavy atom. The highest BCUT2D eigenvalue weighted by atomic mass is 79.9. The molecule has 178 valence electrons. The maximum atomic E-state index is 14.6. The van der Waals surface area contributed by atoms with Crippen LogP contribution in [0.3, 0.4) is 0 Å². The Balaban J connectivity index is 1.84. The summed E-state index contributed by atoms with van der Waals surface area (Å²) in [6.07, 6.45) is 2.76. The molecule has 2 N–H and O–H groups in total. The molecule has 10 heteroatoms. The molecule has 0 aliphatic rings. The van der Waals surface area contributed by atoms with E-state index < -0.39 is 35.8 Å². The van der Waals surface area contributed by atoms with Gasteiger partial charge in [0.15, 0.2) is 0 Å². The van der Waals surface area contributed by atoms with Gasteiger partial charge < -0.3 is 15.2 Å². The molecule has 0 atom stereocenters. The fraction of sp³-hybridized carbons (Fsp3) is 0.120. The van der Waals surface area contributed by atoms with E-state index in [4.69, 9.17) is 4.74 Å². The summed E-state index contributed by atoms with van der Waals surface area (Å²) >= 11 is 3.22. The van der Waals surface area contributed by atoms with E-state index in [-0.39, 0.29) is 34.3 Å². The zero-order valence-electron chi connectivity index (χ0n) is 18.3. The highest BCUT2D eigenvalue weighted by Crippen LogP contribution is 2.38. The topological polar surface area (TPSA) is 101 Å². The minimum Gasteiger partial charge on any atom is -0.506 e. The van der Waals surface area contributed by atoms with Crippen LogP contribution in [0.15, 0.2) is 59.3 Å². The third kappa shape index (κ3) is 5.27. The summed E-state index contributed by atoms with van der Waals surface area (Å²) in [7, 11) is 0. The van der Waals surface area contributed by atoms with Gasteiger partial charge in [0.2, 0.25) is 0 Å². The third-order valence-electron chi connectivity index (χ3n) is 5.07. The van der Waals surface area contributed by atoms with Crippen molar-refractivity contribution >= 4 is 38.8 Å². The van der Waals surface area contributed by atoms with Gasteiger partial charge >= 0.3 is 5.97 Å². The number of carbonyl (C=O) groups is 2. The minimum atomic E-state index is -0.784. The second kappa shape index (κ2) is 10.1. The molecule has 35 heavy (non-hydrogen) atoms. The molecule has 7 nitrogen and oxygen atoms in total. The number of benzene rings is 3. The van der Waals surface area contributed by atoms with E-state index in [1.165, 1.54) is 42.7 Å². The number of aromatic hydroxyl groups is 1. The van der Waals surface area contributed by atoms with Crippen LogP contribution in [0.4, 0.5) is 8.78 Å². The lowest BCUT2D eigenvalue weighted by Gasteiger charge is -2.14. The number of ether oxygens (including phenoxy) is 1. The zero-order valence-corrected chi connectivity index (χ0v) is 19.9. The SMILES string of the molecule is CCOC(=O)CNC(=O)c1c(O)c(-c2cc(F)cc(-c3cc(F)cc(Br)c3)c2)cc2nccnc12. The van der Waals surface area contributed by atoms with Crippen LogP contribution in [-0.2, 0) is 9.53 Å². The molecule has 0 bridgehead atoms. The molecule has 0 fully saturated rings. The van der Waals surface area contributed by atoms with Gasteiger partial charge in [-0.1, -0.05) is 15.9 Å². The second-order valence-corrected chi connectivity index (χ2v) is 8.36. The minimum absolute atomic E-state index is 0.0980. The second-order valence-electron chi connectivity index (χ2n) is 7.45. The van der Waals surface area contributed by atoms with Crippen LogP contribution >= 0.6 is 15.9 Å². The van der Waals surface area contributed by atoms with E-state index in [1.807, 2.05) is 0 Å². The van der Waals surface area contributed by atoms with Gasteiger partial charge in [0.05, 0.1) is 12.1 Å². The van der Waals surface area contributed by atoms with Crippen LogP contribution in [0.1, 0.15) is 17.3 Å². The molecule has 4 aromatic rings. The van der Waals surface area contributed by atoms with Gasteiger partial charge in [-0.2, -0.15) is 0 Å². The molecule has 1 heterocycles. The molecule has 1 aromatic heterocycles. The Kier molecular flexibility index (Phi) is 7.02. The normalized spacial score (nSPS) is 10.9. The summed E-state index contributed by atoms with van der Waals surface area (Å²) in [4.78, 5) is 33.0. The molecule has 0 unspecified atom stereocenters. The molecule has 0 saturated heterocycles. The lowest BCUT2D eigenvalue weighted by Crippen LogP contribution is -2.31. The van der Waals surface area contributed by atoms with Crippen molar-refractivity contribution in [3.63, 3.8) is 0 Å². The van der Waals surface area contributed by atoms with Crippen molar-refractivity contribution in [2.45, 2.75) is 6.92 Å². The number of phenols is 1. The largest absolute Gasteiger partial charge is 0.506 e. The number of halogens is 3. The quantitative estimate of drug-likeness (QED) is 0.333. The molecule has 0 radical (unpaired) electrons. The molecule has 0 aliphatic carbocycles. The van der Waals surface area contributed by atoms with E-state index in [9.17, 15) is 23.5 Å². The van der Waals surface area contributed by atoms with Crippen LogP contribution in [-0.4, -0.2) is 40.1 Å². The van der Waals surface area contributed by atoms with E-state index in [2.05, 4.69) is 31.2 Å². The molecule has 3 aromatic carbocycles. The van der Waals surface area contributed by atoms with Crippen LogP contribution in [0.25, 0.3) is 33.3 Å². The summed E-state index contributed by atoms with van der Waals surface area (Å²) in [5.41, 5.74) is 1.23. The molecule has 1 amide bonds. The molecule has 4 rings (SSSR count). The fourth-order valence-electron chi connectivity index (χ4n) is 3.62. The average Bonchev–Trinajstić information content (AvgIpc) is 2.81. The van der Waals surface area contributed by atoms with Crippen molar-refractivity contribution < 1.29 is 28.2 Å². The Hall–Kier alpha value is -3.92. The Morgan fingerprint density at radius 1 is 0.971 bits per heavy atom. The molecule has 0 spiro atoms. The van der Waals surface area contributed by atoms with Gasteiger partial charge in [-0.25, -0.2) is 8.78 Å². The van der Waals surface area contributed by atoms with Crippen molar-refractivity contribution in [1.82, 2.24) is 15.3 Å². The summed E-state index contributed by atoms with van der Waals surface area (Å²) < 4.78 is 33.9. The first kappa shape index (κ1) is 24.2. The van der Waals surface area contributed by atoms with Gasteiger partial charge in [0.25, 0.3) is 5.91 Å². The predicted octanol–water partition coefficient (Wildman–Crippen LogP) is 5.00. The number of hydrogen-bond donors (Lipinski definition) is 2. The van der Waals surface area contributed by atoms with Crippen molar-refractivity contribution in [3.05, 3.63) is 76.5 Å². The van der Waals surface area contributed by atoms with Crippen LogP contribution in [0.2, 0.25) is 0 Å². The van der Waals surface area contributed by atoms with Gasteiger partial charge in [-0.05, 0) is 66.1 Å². The van der Waals surface area contributed by atoms with Crippen LogP contribution < -0.4 is 5.32 Å². The van der Waals surface area contributed by atoms with E-state index >= 15 is 0 Å². The standard InChI is InChI=1S/C25H18BrF2N3O4/c1-2-35-21(32)12-31-25(34)22-23-20(29-3-4-30-23)11-19(24(22)33)15-5-13(7-17(27)9-15)14-6-16(26)10-18(28)8-14/h3-11,33H,2,12H2,1H3,(H,31,34). The molecule has 0 aliphatic heterocycles. The summed E-state index contributed by atoms with van der Waals surface area (Å²) in [6.45, 7) is 1.36. The Morgan fingerprint density at radius 3 is 2.34 bits per heavy atom. The van der Waals surface area contributed by atoms with Gasteiger partial charge in [0, 0.05) is 22.4 Å². The number of rotatable bonds is 6. The maximum Gasteiger partial charge on any atom is 0.325 e. The maximum absolute atomic E-state index is 14.6. The van der Waals surface area contributed by atoms with Crippen molar-refractivity contribution in [2.24, 2.45) is 0 Å². The van der Waals surface area contributed by atoms with E-state index in [0.717, 1.165) is 0 Å². The number of hydrogen-bond acceptors (Lipinski definition) is 6. The van der Waals surface area contributed by atoms with Crippen molar-refractivity contribution in [2.75, 3.05) is 13.2 Å². The third-order valence-corrected chi connectivity index (χ3v) is 5.52. The van der Waals surface area contributed by atoms with Gasteiger partial charge in [-0.3, -0.25) is 19.6 Å². The summed E-state index contributed by atoms with van der Waals surface area (Å²) in [5, 5.41) is 13.5. The molecule has 0 saturated carbocycles. The highest BCUT2D eigenvalue weighted by Gasteiger charge is 2.23. The number of esters is 1. The lowest BCUT2D eigenvalue weighted by atomic mass is 9.95. The number of nitrogens with zero attached hydrogens (tertiary/aromatic N) is 2. The average molecular weight is 542 g/mol. The first-order chi connectivity index (χ1) is 16.8. The van der Waals surface area contributed by atoms with E-state index in [0.29, 0.717) is 15.6 Å². The molecular weight excluding hydrogens is 524 g/mol. The van der Waals surface area contributed by atoms with Gasteiger partial charge in [-0.15, -0.1) is 0 Å². The lowest BCUT2D eigenvalue weighted by molar-refractivity contribution is -0.141. The number of aromatic nitrogens is 2. The van der Waals surface area contributed by atoms with Crippen molar-refractivity contribution in [1.29, 1.82) is 0 Å². The molecular formula is C25H18BrF2N3O4. The first-order valence-corrected chi connectivity index (χ1v) is 11.2. The fourth-order valence-corrected chi connectivity index (χ4v) is 4.08. The highest BCUT2D eigenvalue weighted by molar-refractivity contribution is 9.10. The van der Waals surface area contributed by atoms with Crippen molar-refractivity contribution in [3.8, 4) is 28.0 Å². The predicted molar refractivity (Wildman–Crippen MR) is 129 cm³/mol. The van der Waals surface area contributed by atoms with Crippen LogP contribution in [0, 0.1) is 11.6 Å². The number of carbonyl (C=O) groups excluding carboxylic acids is 2. The zero-order chi connectivity index (χ0) is 25.1. The van der Waals surface area contributed by atoms with Crippen LogP contribution in [0.5, 0.6) is 5.75 Å². The number of amides is 1. The Labute approximate surface area is 206 Å². The van der Waals surface area contributed by atoms with Gasteiger partial charge in [0.1, 0.15) is 35.0 Å². The van der Waals surface area contributed by atoms with E-state index in [1.54, 1.807) is 19.1 Å². The number of fused-ring (bicyclic) bond motifs is 1. The Bertz CT molecular complexity index is 1440. The first-order valence-electron chi connectivity index (χ1n) is 10.4. The smallest absolute Gasteiger partial charge is 0.325 e. The summed E-state index contributed by atoms with van der Waals surface area (Å²) in [6, 6.07) is 9.59. The number of phenolic OH excluding ortho intramolecular Hbond substituents is 1. The summed E-state index contributed by atoms with van der Waals surface area (Å²) in [5.74, 6) is -3.05. The monoisotopic (exact) mass is 541 g/mol.